The number of hydrogen-bond acceptors (Lipinski definition) is 2. The number of aryl methyl sites for hydroxylation is 1. The Bertz CT molecular complexity index is 553. The number of hydrogen-bond donors (Lipinski definition) is 1. The molecular weight excluding hydrogens is 261 g/mol. The number of rotatable bonds is 2. The zero-order valence-electron chi connectivity index (χ0n) is 10.0. The van der Waals surface area contributed by atoms with Crippen LogP contribution in [0.2, 0.25) is 0 Å². The van der Waals surface area contributed by atoms with Crippen LogP contribution in [-0.4, -0.2) is 16.9 Å². The molecule has 1 fully saturated rings. The fourth-order valence-corrected chi connectivity index (χ4v) is 2.33. The maximum atomic E-state index is 12.8. The van der Waals surface area contributed by atoms with Gasteiger partial charge >= 0.3 is 12.1 Å². The van der Waals surface area contributed by atoms with Crippen molar-refractivity contribution in [2.45, 2.75) is 31.4 Å². The molecule has 0 unspecified atom stereocenters. The Labute approximate surface area is 107 Å². The second-order valence-electron chi connectivity index (χ2n) is 4.81. The van der Waals surface area contributed by atoms with E-state index in [1.807, 2.05) is 0 Å². The van der Waals surface area contributed by atoms with E-state index in [9.17, 15) is 27.9 Å². The Balaban J connectivity index is 2.52. The van der Waals surface area contributed by atoms with E-state index in [0.717, 1.165) is 6.07 Å². The molecule has 1 aromatic rings. The van der Waals surface area contributed by atoms with Gasteiger partial charge in [0.25, 0.3) is 0 Å². The molecule has 2 rings (SSSR count). The van der Waals surface area contributed by atoms with E-state index >= 15 is 0 Å². The first-order valence-electron chi connectivity index (χ1n) is 5.60. The topological polar surface area (TPSA) is 54.4 Å². The highest BCUT2D eigenvalue weighted by atomic mass is 19.4. The van der Waals surface area contributed by atoms with Crippen LogP contribution in [0.25, 0.3) is 0 Å². The first kappa shape index (κ1) is 13.6. The summed E-state index contributed by atoms with van der Waals surface area (Å²) < 4.78 is 38.4. The van der Waals surface area contributed by atoms with Gasteiger partial charge in [0.2, 0.25) is 0 Å². The zero-order chi connectivity index (χ0) is 14.4. The van der Waals surface area contributed by atoms with Crippen molar-refractivity contribution >= 4 is 11.8 Å². The van der Waals surface area contributed by atoms with Gasteiger partial charge in [-0.05, 0) is 24.1 Å². The van der Waals surface area contributed by atoms with Crippen LogP contribution in [0.4, 0.5) is 13.2 Å². The van der Waals surface area contributed by atoms with Crippen molar-refractivity contribution in [1.29, 1.82) is 0 Å². The van der Waals surface area contributed by atoms with Gasteiger partial charge in [-0.1, -0.05) is 12.1 Å². The van der Waals surface area contributed by atoms with Gasteiger partial charge < -0.3 is 5.11 Å². The molecule has 1 N–H and O–H groups in total. The molecule has 1 aliphatic carbocycles. The second kappa shape index (κ2) is 4.08. The van der Waals surface area contributed by atoms with E-state index in [4.69, 9.17) is 0 Å². The van der Waals surface area contributed by atoms with Gasteiger partial charge in [-0.2, -0.15) is 13.2 Å². The molecule has 1 saturated carbocycles. The molecule has 6 heteroatoms. The summed E-state index contributed by atoms with van der Waals surface area (Å²) in [6.45, 7) is 1.31. The summed E-state index contributed by atoms with van der Waals surface area (Å²) in [6, 6.07) is 3.44. The van der Waals surface area contributed by atoms with Crippen LogP contribution >= 0.6 is 0 Å². The summed E-state index contributed by atoms with van der Waals surface area (Å²) >= 11 is 0. The number of carbonyl (C=O) groups is 2. The summed E-state index contributed by atoms with van der Waals surface area (Å²) in [7, 11) is 0. The zero-order valence-corrected chi connectivity index (χ0v) is 10.0. The van der Waals surface area contributed by atoms with Crippen molar-refractivity contribution in [3.63, 3.8) is 0 Å². The Kier molecular flexibility index (Phi) is 2.91. The fourth-order valence-electron chi connectivity index (χ4n) is 2.33. The monoisotopic (exact) mass is 272 g/mol. The first-order chi connectivity index (χ1) is 8.67. The van der Waals surface area contributed by atoms with Crippen molar-refractivity contribution in [3.05, 3.63) is 34.9 Å². The van der Waals surface area contributed by atoms with Crippen molar-refractivity contribution in [2.75, 3.05) is 0 Å². The normalized spacial score (nSPS) is 18.0. The van der Waals surface area contributed by atoms with Crippen LogP contribution in [0.1, 0.15) is 29.5 Å². The number of carboxylic acid groups (broad SMARTS) is 1. The Morgan fingerprint density at radius 3 is 2.32 bits per heavy atom. The highest BCUT2D eigenvalue weighted by Crippen LogP contribution is 2.43. The third kappa shape index (κ3) is 2.11. The quantitative estimate of drug-likeness (QED) is 0.900. The summed E-state index contributed by atoms with van der Waals surface area (Å²) in [6.07, 6.45) is -5.03. The number of aliphatic carboxylic acids is 1. The maximum Gasteiger partial charge on any atom is 0.416 e. The largest absolute Gasteiger partial charge is 0.481 e. The highest BCUT2D eigenvalue weighted by molar-refractivity contribution is 6.01. The van der Waals surface area contributed by atoms with Crippen molar-refractivity contribution < 1.29 is 27.9 Å². The average molecular weight is 272 g/mol. The highest BCUT2D eigenvalue weighted by Gasteiger charge is 2.52. The maximum absolute atomic E-state index is 12.8. The van der Waals surface area contributed by atoms with E-state index in [-0.39, 0.29) is 29.8 Å². The number of ketones is 1. The smallest absolute Gasteiger partial charge is 0.416 e. The molecular formula is C13H11F3O3. The lowest BCUT2D eigenvalue weighted by Gasteiger charge is -2.37. The molecule has 0 aromatic heterocycles. The van der Waals surface area contributed by atoms with E-state index in [2.05, 4.69) is 0 Å². The molecule has 102 valence electrons. The van der Waals surface area contributed by atoms with E-state index in [1.54, 1.807) is 0 Å². The molecule has 0 bridgehead atoms. The average Bonchev–Trinajstić information content (AvgIpc) is 2.23. The number of halogens is 3. The summed E-state index contributed by atoms with van der Waals surface area (Å²) in [4.78, 5) is 22.3. The lowest BCUT2D eigenvalue weighted by Crippen LogP contribution is -2.48. The lowest BCUT2D eigenvalue weighted by molar-refractivity contribution is -0.153. The van der Waals surface area contributed by atoms with E-state index < -0.39 is 23.1 Å². The molecule has 1 aliphatic rings. The predicted octanol–water partition coefficient (Wildman–Crippen LogP) is 2.70. The molecule has 0 aliphatic heterocycles. The Hall–Kier alpha value is -1.85. The van der Waals surface area contributed by atoms with Gasteiger partial charge in [0.1, 0.15) is 11.2 Å². The van der Waals surface area contributed by atoms with E-state index in [0.29, 0.717) is 0 Å². The number of Topliss-reactive ketones (excluding diaryl/α,β-unsaturated/α-hetero) is 1. The SMILES string of the molecule is Cc1ccc(C2(C(=O)O)CC(=O)C2)cc1C(F)(F)F. The molecule has 0 heterocycles. The van der Waals surface area contributed by atoms with Gasteiger partial charge in [0.15, 0.2) is 0 Å². The fraction of sp³-hybridized carbons (Fsp3) is 0.385. The number of carbonyl (C=O) groups excluding carboxylic acids is 1. The summed E-state index contributed by atoms with van der Waals surface area (Å²) in [5.41, 5.74) is -2.28. The van der Waals surface area contributed by atoms with Gasteiger partial charge in [-0.3, -0.25) is 9.59 Å². The number of carboxylic acids is 1. The predicted molar refractivity (Wildman–Crippen MR) is 59.7 cm³/mol. The minimum Gasteiger partial charge on any atom is -0.481 e. The molecule has 19 heavy (non-hydrogen) atoms. The van der Waals surface area contributed by atoms with Crippen molar-refractivity contribution in [2.24, 2.45) is 0 Å². The molecule has 3 nitrogen and oxygen atoms in total. The summed E-state index contributed by atoms with van der Waals surface area (Å²) in [5.74, 6) is -1.51. The summed E-state index contributed by atoms with van der Waals surface area (Å²) in [5, 5.41) is 9.18. The third-order valence-corrected chi connectivity index (χ3v) is 3.50. The minimum atomic E-state index is -4.53. The first-order valence-corrected chi connectivity index (χ1v) is 5.60. The second-order valence-corrected chi connectivity index (χ2v) is 4.81. The van der Waals surface area contributed by atoms with Crippen LogP contribution in [0, 0.1) is 6.92 Å². The molecule has 1 aromatic carbocycles. The molecule has 0 radical (unpaired) electrons. The number of alkyl halides is 3. The van der Waals surface area contributed by atoms with Gasteiger partial charge in [0.05, 0.1) is 5.56 Å². The lowest BCUT2D eigenvalue weighted by atomic mass is 9.63. The van der Waals surface area contributed by atoms with Crippen LogP contribution in [0.15, 0.2) is 18.2 Å². The molecule has 0 spiro atoms. The van der Waals surface area contributed by atoms with Crippen LogP contribution in [0.3, 0.4) is 0 Å². The van der Waals surface area contributed by atoms with Crippen LogP contribution < -0.4 is 0 Å². The molecule has 0 atom stereocenters. The molecule has 0 amide bonds. The van der Waals surface area contributed by atoms with Gasteiger partial charge in [-0.15, -0.1) is 0 Å². The van der Waals surface area contributed by atoms with Crippen molar-refractivity contribution in [3.8, 4) is 0 Å². The van der Waals surface area contributed by atoms with Crippen LogP contribution in [0.5, 0.6) is 0 Å². The Morgan fingerprint density at radius 2 is 1.89 bits per heavy atom. The van der Waals surface area contributed by atoms with Crippen LogP contribution in [-0.2, 0) is 21.2 Å². The van der Waals surface area contributed by atoms with Gasteiger partial charge in [0, 0.05) is 12.8 Å². The van der Waals surface area contributed by atoms with Gasteiger partial charge in [-0.25, -0.2) is 0 Å². The van der Waals surface area contributed by atoms with Crippen molar-refractivity contribution in [1.82, 2.24) is 0 Å². The Morgan fingerprint density at radius 1 is 1.32 bits per heavy atom. The third-order valence-electron chi connectivity index (χ3n) is 3.50. The standard InChI is InChI=1S/C13H11F3O3/c1-7-2-3-8(4-10(7)13(14,15)16)12(11(18)19)5-9(17)6-12/h2-4H,5-6H2,1H3,(H,18,19). The molecule has 0 saturated heterocycles. The minimum absolute atomic E-state index is 0.0300. The number of benzene rings is 1. The van der Waals surface area contributed by atoms with E-state index in [1.165, 1.54) is 19.1 Å².